The lowest BCUT2D eigenvalue weighted by Gasteiger charge is -2.33. The van der Waals surface area contributed by atoms with Crippen molar-refractivity contribution in [2.75, 3.05) is 34.3 Å². The minimum absolute atomic E-state index is 0. The topological polar surface area (TPSA) is 43.4 Å². The van der Waals surface area contributed by atoms with Crippen molar-refractivity contribution in [1.82, 2.24) is 0 Å². The number of carbonyl (C=O) groups excluding carboxylic acids is 2. The van der Waals surface area contributed by atoms with Crippen LogP contribution < -0.4 is 12.4 Å². The van der Waals surface area contributed by atoms with Crippen molar-refractivity contribution >= 4 is 11.8 Å². The molecule has 4 nitrogen and oxygen atoms in total. The van der Waals surface area contributed by atoms with E-state index in [-0.39, 0.29) is 30.2 Å². The van der Waals surface area contributed by atoms with E-state index < -0.39 is 0 Å². The third-order valence-electron chi connectivity index (χ3n) is 5.83. The summed E-state index contributed by atoms with van der Waals surface area (Å²) in [5, 5.41) is 0. The summed E-state index contributed by atoms with van der Waals surface area (Å²) in [6.07, 6.45) is 15.5. The summed E-state index contributed by atoms with van der Waals surface area (Å²) in [5.41, 5.74) is 1.54. The van der Waals surface area contributed by atoms with E-state index in [1.54, 1.807) is 5.57 Å². The van der Waals surface area contributed by atoms with Gasteiger partial charge in [0.1, 0.15) is 5.78 Å². The SMILES string of the molecule is CC/C=C\C[C@H]1C(=O)CC[C@@H]1CC(=O)OC.CC1=CC1.C[N+]1(C)CCCCC1.[Cl-]. The van der Waals surface area contributed by atoms with Gasteiger partial charge in [-0.15, -0.1) is 0 Å². The van der Waals surface area contributed by atoms with Crippen molar-refractivity contribution in [2.24, 2.45) is 11.8 Å². The molecule has 3 aliphatic rings. The van der Waals surface area contributed by atoms with Gasteiger partial charge in [-0.3, -0.25) is 9.59 Å². The molecule has 0 radical (unpaired) electrons. The number of halogens is 1. The van der Waals surface area contributed by atoms with Crippen LogP contribution in [0.4, 0.5) is 0 Å². The first-order valence-electron chi connectivity index (χ1n) is 11.0. The Morgan fingerprint density at radius 1 is 1.21 bits per heavy atom. The maximum absolute atomic E-state index is 11.7. The van der Waals surface area contributed by atoms with E-state index in [0.717, 1.165) is 19.3 Å². The van der Waals surface area contributed by atoms with Crippen LogP contribution in [0.15, 0.2) is 23.8 Å². The molecule has 0 aromatic carbocycles. The van der Waals surface area contributed by atoms with Gasteiger partial charge < -0.3 is 21.6 Å². The number of likely N-dealkylation sites (tertiary alicyclic amines) is 1. The van der Waals surface area contributed by atoms with Crippen LogP contribution in [0.3, 0.4) is 0 Å². The van der Waals surface area contributed by atoms with E-state index >= 15 is 0 Å². The largest absolute Gasteiger partial charge is 1.00 e. The van der Waals surface area contributed by atoms with Gasteiger partial charge in [-0.25, -0.2) is 0 Å². The zero-order chi connectivity index (χ0) is 21.0. The molecule has 1 saturated heterocycles. The summed E-state index contributed by atoms with van der Waals surface area (Å²) in [7, 11) is 6.03. The Balaban J connectivity index is 0.000000496. The molecule has 2 fully saturated rings. The maximum atomic E-state index is 11.7. The molecule has 168 valence electrons. The Labute approximate surface area is 184 Å². The fourth-order valence-corrected chi connectivity index (χ4v) is 3.72. The lowest BCUT2D eigenvalue weighted by Crippen LogP contribution is -3.00. The van der Waals surface area contributed by atoms with Crippen molar-refractivity contribution in [1.29, 1.82) is 0 Å². The van der Waals surface area contributed by atoms with E-state index in [1.807, 2.05) is 0 Å². The number of allylic oxidation sites excluding steroid dienone is 4. The summed E-state index contributed by atoms with van der Waals surface area (Å²) < 4.78 is 5.90. The first kappa shape index (κ1) is 27.9. The highest BCUT2D eigenvalue weighted by molar-refractivity contribution is 5.84. The molecule has 1 aliphatic heterocycles. The molecule has 3 rings (SSSR count). The number of Topliss-reactive ketones (excluding diaryl/α,β-unsaturated/α-hetero) is 1. The van der Waals surface area contributed by atoms with Crippen molar-refractivity contribution < 1.29 is 31.2 Å². The minimum Gasteiger partial charge on any atom is -1.00 e. The number of ether oxygens (including phenoxy) is 1. The molecular weight excluding hydrogens is 386 g/mol. The van der Waals surface area contributed by atoms with Crippen LogP contribution >= 0.6 is 0 Å². The van der Waals surface area contributed by atoms with Crippen LogP contribution in [-0.4, -0.2) is 50.5 Å². The first-order valence-corrected chi connectivity index (χ1v) is 11.0. The number of quaternary nitrogens is 1. The third kappa shape index (κ3) is 12.9. The number of esters is 1. The number of ketones is 1. The van der Waals surface area contributed by atoms with Crippen LogP contribution in [0.5, 0.6) is 0 Å². The number of piperidine rings is 1. The zero-order valence-electron chi connectivity index (χ0n) is 19.2. The summed E-state index contributed by atoms with van der Waals surface area (Å²) >= 11 is 0. The molecule has 2 aliphatic carbocycles. The van der Waals surface area contributed by atoms with Crippen LogP contribution in [0.25, 0.3) is 0 Å². The van der Waals surface area contributed by atoms with Crippen molar-refractivity contribution in [2.45, 2.75) is 71.6 Å². The third-order valence-corrected chi connectivity index (χ3v) is 5.83. The summed E-state index contributed by atoms with van der Waals surface area (Å²) in [6.45, 7) is 6.99. The molecule has 0 aromatic rings. The van der Waals surface area contributed by atoms with E-state index in [9.17, 15) is 9.59 Å². The summed E-state index contributed by atoms with van der Waals surface area (Å²) in [6, 6.07) is 0. The lowest BCUT2D eigenvalue weighted by molar-refractivity contribution is -0.894. The fourth-order valence-electron chi connectivity index (χ4n) is 3.72. The smallest absolute Gasteiger partial charge is 0.305 e. The number of hydrogen-bond acceptors (Lipinski definition) is 3. The van der Waals surface area contributed by atoms with Crippen LogP contribution in [-0.2, 0) is 14.3 Å². The van der Waals surface area contributed by atoms with Gasteiger partial charge in [0.15, 0.2) is 0 Å². The number of carbonyl (C=O) groups is 2. The maximum Gasteiger partial charge on any atom is 0.305 e. The Bertz CT molecular complexity index is 546. The standard InChI is InChI=1S/C13H20O3.C7H16N.C4H6.ClH/c1-3-4-5-6-11-10(7-8-12(11)14)9-13(15)16-2;1-8(2)6-4-3-5-7-8;1-4-2-3-4;/h4-5,10-11H,3,6-9H2,1-2H3;3-7H2,1-2H3;2H,3H2,1H3;1H/q;+1;;/p-1/b5-4-;;;/t10-,11-;;;/m1.../s1. The molecule has 29 heavy (non-hydrogen) atoms. The van der Waals surface area contributed by atoms with Gasteiger partial charge in [0.25, 0.3) is 0 Å². The minimum atomic E-state index is -0.204. The highest BCUT2D eigenvalue weighted by Gasteiger charge is 2.34. The zero-order valence-corrected chi connectivity index (χ0v) is 20.0. The fraction of sp³-hybridized carbons (Fsp3) is 0.750. The van der Waals surface area contributed by atoms with E-state index in [1.165, 1.54) is 50.4 Å². The molecule has 1 heterocycles. The summed E-state index contributed by atoms with van der Waals surface area (Å²) in [4.78, 5) is 22.9. The van der Waals surface area contributed by atoms with Crippen molar-refractivity contribution in [3.05, 3.63) is 23.8 Å². The van der Waals surface area contributed by atoms with Gasteiger partial charge in [-0.1, -0.05) is 30.7 Å². The van der Waals surface area contributed by atoms with Gasteiger partial charge in [0.2, 0.25) is 0 Å². The Morgan fingerprint density at radius 2 is 1.79 bits per heavy atom. The Kier molecular flexibility index (Phi) is 14.2. The quantitative estimate of drug-likeness (QED) is 0.383. The molecule has 0 aromatic heterocycles. The van der Waals surface area contributed by atoms with Crippen molar-refractivity contribution in [3.63, 3.8) is 0 Å². The first-order chi connectivity index (χ1) is 13.3. The molecule has 0 spiro atoms. The van der Waals surface area contributed by atoms with Crippen molar-refractivity contribution in [3.8, 4) is 0 Å². The van der Waals surface area contributed by atoms with E-state index in [4.69, 9.17) is 0 Å². The number of hydrogen-bond donors (Lipinski definition) is 0. The normalized spacial score (nSPS) is 24.3. The van der Waals surface area contributed by atoms with Gasteiger partial charge in [0, 0.05) is 18.8 Å². The van der Waals surface area contributed by atoms with Crippen LogP contribution in [0.2, 0.25) is 0 Å². The summed E-state index contributed by atoms with van der Waals surface area (Å²) in [5.74, 6) is 0.308. The molecule has 0 N–H and O–H groups in total. The number of methoxy groups -OCH3 is 1. The molecule has 0 unspecified atom stereocenters. The molecule has 0 amide bonds. The second kappa shape index (κ2) is 14.8. The van der Waals surface area contributed by atoms with Gasteiger partial charge in [-0.05, 0) is 57.8 Å². The van der Waals surface area contributed by atoms with Crippen LogP contribution in [0.1, 0.15) is 71.6 Å². The monoisotopic (exact) mass is 427 g/mol. The number of nitrogens with zero attached hydrogens (tertiary/aromatic N) is 1. The van der Waals surface area contributed by atoms with Crippen LogP contribution in [0, 0.1) is 11.8 Å². The molecular formula is C24H42ClNO3. The highest BCUT2D eigenvalue weighted by atomic mass is 35.5. The number of rotatable bonds is 5. The van der Waals surface area contributed by atoms with E-state index in [0.29, 0.717) is 18.6 Å². The second-order valence-corrected chi connectivity index (χ2v) is 8.97. The predicted octanol–water partition coefficient (Wildman–Crippen LogP) is 2.09. The van der Waals surface area contributed by atoms with Gasteiger partial charge in [-0.2, -0.15) is 0 Å². The molecule has 2 atom stereocenters. The second-order valence-electron chi connectivity index (χ2n) is 8.97. The predicted molar refractivity (Wildman–Crippen MR) is 116 cm³/mol. The molecule has 0 bridgehead atoms. The lowest BCUT2D eigenvalue weighted by atomic mass is 9.89. The Hall–Kier alpha value is -1.13. The Morgan fingerprint density at radius 3 is 2.21 bits per heavy atom. The molecule has 5 heteroatoms. The highest BCUT2D eigenvalue weighted by Crippen LogP contribution is 2.34. The van der Waals surface area contributed by atoms with E-state index in [2.05, 4.69) is 50.9 Å². The van der Waals surface area contributed by atoms with Gasteiger partial charge in [0.05, 0.1) is 34.3 Å². The average Bonchev–Trinajstić information content (AvgIpc) is 3.37. The molecule has 1 saturated carbocycles. The average molecular weight is 428 g/mol. The van der Waals surface area contributed by atoms with Gasteiger partial charge >= 0.3 is 5.97 Å².